The van der Waals surface area contributed by atoms with Crippen molar-refractivity contribution >= 4 is 43.6 Å². The lowest BCUT2D eigenvalue weighted by atomic mass is 10.0. The molecular formula is C48H50N12O6. The zero-order chi connectivity index (χ0) is 45.3. The molecule has 0 saturated heterocycles. The zero-order valence-electron chi connectivity index (χ0n) is 37.2. The number of aromatic nitrogens is 12. The second-order valence-corrected chi connectivity index (χ2v) is 15.7. The van der Waals surface area contributed by atoms with E-state index in [1.165, 1.54) is 0 Å². The van der Waals surface area contributed by atoms with Gasteiger partial charge in [0.15, 0.2) is 0 Å². The van der Waals surface area contributed by atoms with Crippen LogP contribution in [0.3, 0.4) is 0 Å². The van der Waals surface area contributed by atoms with Crippen LogP contribution < -0.4 is 18.9 Å². The number of ether oxygens (including phenoxy) is 4. The monoisotopic (exact) mass is 890 g/mol. The lowest BCUT2D eigenvalue weighted by molar-refractivity contribution is 0.215. The summed E-state index contributed by atoms with van der Waals surface area (Å²) in [4.78, 5) is 0. The molecule has 4 aromatic carbocycles. The molecule has 2 aliphatic heterocycles. The fraction of sp³-hybridized carbons (Fsp3) is 0.292. The molecule has 0 aliphatic carbocycles. The van der Waals surface area contributed by atoms with E-state index in [9.17, 15) is 10.2 Å². The minimum Gasteiger partial charge on any atom is -0.477 e. The summed E-state index contributed by atoms with van der Waals surface area (Å²) in [5.41, 5.74) is 11.2. The van der Waals surface area contributed by atoms with Crippen LogP contribution in [0.1, 0.15) is 26.7 Å². The topological polar surface area (TPSA) is 206 Å². The number of aliphatic hydroxyl groups is 2. The van der Waals surface area contributed by atoms with E-state index in [0.717, 1.165) is 100 Å². The smallest absolute Gasteiger partial charge is 0.240 e. The minimum atomic E-state index is -0.0175. The highest BCUT2D eigenvalue weighted by atomic mass is 16.5. The van der Waals surface area contributed by atoms with Crippen molar-refractivity contribution < 1.29 is 29.2 Å². The molecule has 0 amide bonds. The molecule has 0 radical (unpaired) electrons. The molecule has 0 fully saturated rings. The SMILES string of the molecule is CC.Cn1ncc2c1OCCCOc1c3cc(ccc3nn1CCO)-c1n[nH]c3ccc-2cc13.Cn1ncc2c1OCCCOc1nn(CCO)c3ccc(cc13)-c1n[nH]c3ccc-2cc13. The molecule has 6 aromatic heterocycles. The second kappa shape index (κ2) is 18.1. The molecule has 4 N–H and O–H groups in total. The Hall–Kier alpha value is -7.70. The van der Waals surface area contributed by atoms with E-state index in [4.69, 9.17) is 18.9 Å². The summed E-state index contributed by atoms with van der Waals surface area (Å²) >= 11 is 0. The molecule has 338 valence electrons. The Morgan fingerprint density at radius 2 is 1.05 bits per heavy atom. The van der Waals surface area contributed by atoms with E-state index < -0.39 is 0 Å². The van der Waals surface area contributed by atoms with Crippen LogP contribution >= 0.6 is 0 Å². The van der Waals surface area contributed by atoms with Crippen LogP contribution in [0.25, 0.3) is 88.4 Å². The molecule has 0 spiro atoms. The lowest BCUT2D eigenvalue weighted by Crippen LogP contribution is -2.11. The van der Waals surface area contributed by atoms with Gasteiger partial charge in [0, 0.05) is 48.8 Å². The molecule has 66 heavy (non-hydrogen) atoms. The average Bonchev–Trinajstić information content (AvgIpc) is 4.21. The number of hydrogen-bond acceptors (Lipinski definition) is 12. The third kappa shape index (κ3) is 7.62. The van der Waals surface area contributed by atoms with E-state index in [1.54, 1.807) is 18.7 Å². The molecular weight excluding hydrogens is 841 g/mol. The predicted octanol–water partition coefficient (Wildman–Crippen LogP) is 7.29. The van der Waals surface area contributed by atoms with Crippen molar-refractivity contribution in [2.24, 2.45) is 14.1 Å². The maximum Gasteiger partial charge on any atom is 0.240 e. The highest BCUT2D eigenvalue weighted by Crippen LogP contribution is 2.39. The van der Waals surface area contributed by atoms with Crippen molar-refractivity contribution in [2.75, 3.05) is 39.6 Å². The molecule has 12 rings (SSSR count). The van der Waals surface area contributed by atoms with Crippen molar-refractivity contribution in [2.45, 2.75) is 39.8 Å². The second-order valence-electron chi connectivity index (χ2n) is 15.7. The summed E-state index contributed by atoms with van der Waals surface area (Å²) < 4.78 is 31.3. The highest BCUT2D eigenvalue weighted by Gasteiger charge is 2.21. The summed E-state index contributed by atoms with van der Waals surface area (Å²) in [6.45, 7) is 6.66. The standard InChI is InChI=1S/2C23H22N6O3.C2H6/c1-28-22-18(13-24-28)14-3-5-19-16(11-14)21(26-25-19)15-4-6-20-17(12-15)23(29(27-20)7-8-30)32-10-2-9-31-22;1-28-23-18(13-24-28)14-3-5-19-16(11-14)21(26-25-19)15-4-6-20-17(12-15)22(27-29(20)7-8-30)31-9-2-10-32-23;1-2/h2*3-6,11-13,30H,2,7-10H2,1H3,(H,25,26);1-2H3. The summed E-state index contributed by atoms with van der Waals surface area (Å²) in [6, 6.07) is 24.5. The highest BCUT2D eigenvalue weighted by molar-refractivity contribution is 6.00. The van der Waals surface area contributed by atoms with Crippen LogP contribution in [0.15, 0.2) is 85.2 Å². The first-order chi connectivity index (χ1) is 32.4. The largest absolute Gasteiger partial charge is 0.477 e. The summed E-state index contributed by atoms with van der Waals surface area (Å²) in [6.07, 6.45) is 5.04. The number of H-pyrrole nitrogens is 2. The van der Waals surface area contributed by atoms with Crippen LogP contribution in [-0.4, -0.2) is 109 Å². The number of hydrogen-bond donors (Lipinski definition) is 4. The van der Waals surface area contributed by atoms with Gasteiger partial charge in [0.25, 0.3) is 0 Å². The van der Waals surface area contributed by atoms with E-state index >= 15 is 0 Å². The first-order valence-electron chi connectivity index (χ1n) is 22.2. The van der Waals surface area contributed by atoms with Crippen LogP contribution in [0.5, 0.6) is 23.5 Å². The Bertz CT molecular complexity index is 3240. The van der Waals surface area contributed by atoms with Crippen molar-refractivity contribution in [3.63, 3.8) is 0 Å². The fourth-order valence-corrected chi connectivity index (χ4v) is 8.51. The van der Waals surface area contributed by atoms with Crippen LogP contribution in [0.2, 0.25) is 0 Å². The van der Waals surface area contributed by atoms with Crippen LogP contribution in [-0.2, 0) is 27.2 Å². The first-order valence-corrected chi connectivity index (χ1v) is 22.2. The summed E-state index contributed by atoms with van der Waals surface area (Å²) in [5, 5.41) is 56.2. The van der Waals surface area contributed by atoms with Gasteiger partial charge < -0.3 is 29.2 Å². The number of benzene rings is 4. The number of nitrogens with zero attached hydrogens (tertiary/aromatic N) is 10. The molecule has 8 bridgehead atoms. The Labute approximate surface area is 378 Å². The molecule has 2 aliphatic rings. The zero-order valence-corrected chi connectivity index (χ0v) is 37.2. The molecule has 10 aromatic rings. The van der Waals surface area contributed by atoms with Crippen LogP contribution in [0, 0.1) is 0 Å². The minimum absolute atomic E-state index is 0.00558. The molecule has 18 heteroatoms. The van der Waals surface area contributed by atoms with Gasteiger partial charge in [-0.1, -0.05) is 38.1 Å². The number of fused-ring (bicyclic) bond motifs is 10. The number of aromatic amines is 2. The van der Waals surface area contributed by atoms with Gasteiger partial charge in [0.2, 0.25) is 23.5 Å². The van der Waals surface area contributed by atoms with Crippen molar-refractivity contribution in [3.05, 3.63) is 85.2 Å². The number of rotatable bonds is 4. The average molecular weight is 891 g/mol. The third-order valence-electron chi connectivity index (χ3n) is 11.6. The quantitative estimate of drug-likeness (QED) is 0.137. The van der Waals surface area contributed by atoms with E-state index in [2.05, 4.69) is 77.2 Å². The van der Waals surface area contributed by atoms with E-state index in [1.807, 2.05) is 76.7 Å². The van der Waals surface area contributed by atoms with E-state index in [-0.39, 0.29) is 13.2 Å². The van der Waals surface area contributed by atoms with Gasteiger partial charge in [0.1, 0.15) is 0 Å². The number of nitrogens with one attached hydrogen (secondary N) is 2. The van der Waals surface area contributed by atoms with Crippen LogP contribution in [0.4, 0.5) is 0 Å². The summed E-state index contributed by atoms with van der Waals surface area (Å²) in [5.74, 6) is 2.64. The lowest BCUT2D eigenvalue weighted by Gasteiger charge is -2.11. The third-order valence-corrected chi connectivity index (χ3v) is 11.6. The maximum absolute atomic E-state index is 9.48. The van der Waals surface area contributed by atoms with Crippen molar-refractivity contribution in [1.29, 1.82) is 0 Å². The Balaban J connectivity index is 0.000000149. The van der Waals surface area contributed by atoms with Gasteiger partial charge >= 0.3 is 0 Å². The molecule has 0 unspecified atom stereocenters. The Morgan fingerprint density at radius 3 is 1.64 bits per heavy atom. The molecule has 8 heterocycles. The van der Waals surface area contributed by atoms with Gasteiger partial charge in [-0.15, -0.1) is 5.10 Å². The van der Waals surface area contributed by atoms with Gasteiger partial charge in [-0.3, -0.25) is 14.9 Å². The Morgan fingerprint density at radius 1 is 0.545 bits per heavy atom. The first kappa shape index (κ1) is 42.3. The Kier molecular flexibility index (Phi) is 11.6. The van der Waals surface area contributed by atoms with Gasteiger partial charge in [-0.25, -0.2) is 14.0 Å². The summed E-state index contributed by atoms with van der Waals surface area (Å²) in [7, 11) is 3.75. The van der Waals surface area contributed by atoms with Crippen molar-refractivity contribution in [3.8, 4) is 68.3 Å². The van der Waals surface area contributed by atoms with E-state index in [0.29, 0.717) is 64.1 Å². The molecule has 0 saturated carbocycles. The van der Waals surface area contributed by atoms with Crippen molar-refractivity contribution in [1.82, 2.24) is 59.5 Å². The fourth-order valence-electron chi connectivity index (χ4n) is 8.51. The van der Waals surface area contributed by atoms with Gasteiger partial charge in [0.05, 0.1) is 120 Å². The number of aliphatic hydroxyl groups excluding tert-OH is 2. The number of aryl methyl sites for hydroxylation is 2. The normalized spacial score (nSPS) is 13.4. The maximum atomic E-state index is 9.48. The molecule has 18 nitrogen and oxygen atoms in total. The predicted molar refractivity (Wildman–Crippen MR) is 251 cm³/mol. The van der Waals surface area contributed by atoms with Gasteiger partial charge in [-0.2, -0.15) is 25.5 Å². The van der Waals surface area contributed by atoms with Gasteiger partial charge in [-0.05, 0) is 59.7 Å². The molecule has 0 atom stereocenters.